The molecule has 0 aromatic rings. The van der Waals surface area contributed by atoms with Crippen LogP contribution in [-0.4, -0.2) is 71.2 Å². The average molecular weight is 258 g/mol. The Bertz CT molecular complexity index is 247. The van der Waals surface area contributed by atoms with E-state index < -0.39 is 11.9 Å². The molecule has 0 spiro atoms. The number of aliphatic carboxylic acids is 2. The van der Waals surface area contributed by atoms with Gasteiger partial charge in [-0.15, -0.1) is 0 Å². The molecule has 1 aliphatic heterocycles. The molecule has 0 bridgehead atoms. The zero-order chi connectivity index (χ0) is 13.4. The van der Waals surface area contributed by atoms with E-state index in [9.17, 15) is 9.59 Å². The molecule has 0 atom stereocenters. The van der Waals surface area contributed by atoms with E-state index in [1.807, 2.05) is 0 Å². The number of carboxylic acid groups (broad SMARTS) is 2. The first-order chi connectivity index (χ1) is 8.58. The van der Waals surface area contributed by atoms with Gasteiger partial charge >= 0.3 is 11.9 Å². The highest BCUT2D eigenvalue weighted by Crippen LogP contribution is 2.05. The van der Waals surface area contributed by atoms with Crippen LogP contribution in [0.1, 0.15) is 25.7 Å². The summed E-state index contributed by atoms with van der Waals surface area (Å²) in [7, 11) is 0. The fourth-order valence-corrected chi connectivity index (χ4v) is 2.21. The normalized spacial score (nSPS) is 19.1. The molecule has 1 aliphatic rings. The van der Waals surface area contributed by atoms with Crippen LogP contribution in [0.25, 0.3) is 0 Å². The largest absolute Gasteiger partial charge is 0.481 e. The molecule has 0 aromatic carbocycles. The molecule has 0 aromatic heterocycles. The van der Waals surface area contributed by atoms with Gasteiger partial charge in [-0.2, -0.15) is 0 Å². The second kappa shape index (κ2) is 8.05. The standard InChI is InChI=1S/C12H22N2O4/c15-11(16)3-9-13-5-1-6-14(8-2-7-13)10-4-12(17)18/h1-10H2,(H,15,16)(H,17,18). The van der Waals surface area contributed by atoms with Gasteiger partial charge in [0.05, 0.1) is 12.8 Å². The number of hydrogen-bond acceptors (Lipinski definition) is 4. The molecule has 1 saturated heterocycles. The van der Waals surface area contributed by atoms with Crippen molar-refractivity contribution in [3.63, 3.8) is 0 Å². The summed E-state index contributed by atoms with van der Waals surface area (Å²) in [6, 6.07) is 0. The SMILES string of the molecule is O=C(O)CCN1CCCN(CCC(=O)O)CCC1. The van der Waals surface area contributed by atoms with Crippen molar-refractivity contribution in [2.45, 2.75) is 25.7 Å². The highest BCUT2D eigenvalue weighted by Gasteiger charge is 2.14. The Balaban J connectivity index is 2.22. The first kappa shape index (κ1) is 14.9. The molecule has 1 heterocycles. The summed E-state index contributed by atoms with van der Waals surface area (Å²) in [6.07, 6.45) is 2.34. The third kappa shape index (κ3) is 6.56. The average Bonchev–Trinajstić information content (AvgIpc) is 2.26. The summed E-state index contributed by atoms with van der Waals surface area (Å²) in [5, 5.41) is 17.3. The number of carbonyl (C=O) groups is 2. The number of rotatable bonds is 6. The van der Waals surface area contributed by atoms with Crippen LogP contribution >= 0.6 is 0 Å². The van der Waals surface area contributed by atoms with E-state index in [-0.39, 0.29) is 12.8 Å². The van der Waals surface area contributed by atoms with Gasteiger partial charge in [0.1, 0.15) is 0 Å². The Morgan fingerprint density at radius 2 is 1.11 bits per heavy atom. The molecule has 104 valence electrons. The lowest BCUT2D eigenvalue weighted by Crippen LogP contribution is -2.38. The van der Waals surface area contributed by atoms with E-state index in [0.717, 1.165) is 39.0 Å². The predicted octanol–water partition coefficient (Wildman–Crippen LogP) is 0.334. The van der Waals surface area contributed by atoms with Crippen molar-refractivity contribution in [3.8, 4) is 0 Å². The topological polar surface area (TPSA) is 81.1 Å². The molecule has 0 amide bonds. The molecule has 0 radical (unpaired) electrons. The van der Waals surface area contributed by atoms with Crippen LogP contribution in [0, 0.1) is 0 Å². The van der Waals surface area contributed by atoms with E-state index in [4.69, 9.17) is 10.2 Å². The summed E-state index contributed by atoms with van der Waals surface area (Å²) < 4.78 is 0. The van der Waals surface area contributed by atoms with Crippen molar-refractivity contribution in [2.75, 3.05) is 39.3 Å². The van der Waals surface area contributed by atoms with E-state index in [2.05, 4.69) is 9.80 Å². The number of carboxylic acids is 2. The summed E-state index contributed by atoms with van der Waals surface area (Å²) in [5.74, 6) is -1.50. The maximum absolute atomic E-state index is 10.5. The maximum atomic E-state index is 10.5. The molecule has 0 unspecified atom stereocenters. The van der Waals surface area contributed by atoms with Crippen LogP contribution in [0.2, 0.25) is 0 Å². The van der Waals surface area contributed by atoms with Crippen LogP contribution in [0.15, 0.2) is 0 Å². The monoisotopic (exact) mass is 258 g/mol. The summed E-state index contributed by atoms with van der Waals surface area (Å²) in [4.78, 5) is 25.4. The molecule has 0 aliphatic carbocycles. The van der Waals surface area contributed by atoms with Crippen LogP contribution in [0.5, 0.6) is 0 Å². The second-order valence-electron chi connectivity index (χ2n) is 4.68. The molecule has 18 heavy (non-hydrogen) atoms. The van der Waals surface area contributed by atoms with Gasteiger partial charge in [-0.05, 0) is 39.0 Å². The minimum Gasteiger partial charge on any atom is -0.481 e. The van der Waals surface area contributed by atoms with Crippen molar-refractivity contribution < 1.29 is 19.8 Å². The molecule has 6 heteroatoms. The zero-order valence-corrected chi connectivity index (χ0v) is 10.7. The quantitative estimate of drug-likeness (QED) is 0.715. The van der Waals surface area contributed by atoms with Crippen molar-refractivity contribution in [1.82, 2.24) is 9.80 Å². The molecular formula is C12H22N2O4. The van der Waals surface area contributed by atoms with Gasteiger partial charge in [-0.1, -0.05) is 0 Å². The van der Waals surface area contributed by atoms with Crippen molar-refractivity contribution in [3.05, 3.63) is 0 Å². The fourth-order valence-electron chi connectivity index (χ4n) is 2.21. The molecular weight excluding hydrogens is 236 g/mol. The minimum atomic E-state index is -0.750. The molecule has 2 N–H and O–H groups in total. The van der Waals surface area contributed by atoms with Gasteiger partial charge in [0.15, 0.2) is 0 Å². The Labute approximate surface area is 107 Å². The Hall–Kier alpha value is -1.14. The van der Waals surface area contributed by atoms with Crippen LogP contribution in [0.4, 0.5) is 0 Å². The number of nitrogens with zero attached hydrogens (tertiary/aromatic N) is 2. The Morgan fingerprint density at radius 3 is 1.39 bits per heavy atom. The van der Waals surface area contributed by atoms with Crippen molar-refractivity contribution in [1.29, 1.82) is 0 Å². The van der Waals surface area contributed by atoms with Gasteiger partial charge in [0.25, 0.3) is 0 Å². The summed E-state index contributed by atoms with van der Waals surface area (Å²) >= 11 is 0. The minimum absolute atomic E-state index is 0.197. The highest BCUT2D eigenvalue weighted by molar-refractivity contribution is 5.67. The smallest absolute Gasteiger partial charge is 0.304 e. The van der Waals surface area contributed by atoms with Crippen molar-refractivity contribution in [2.24, 2.45) is 0 Å². The zero-order valence-electron chi connectivity index (χ0n) is 10.7. The first-order valence-electron chi connectivity index (χ1n) is 6.46. The van der Waals surface area contributed by atoms with Gasteiger partial charge < -0.3 is 20.0 Å². The third-order valence-electron chi connectivity index (χ3n) is 3.18. The van der Waals surface area contributed by atoms with Gasteiger partial charge in [-0.3, -0.25) is 9.59 Å². The van der Waals surface area contributed by atoms with Gasteiger partial charge in [0, 0.05) is 13.1 Å². The predicted molar refractivity (Wildman–Crippen MR) is 66.6 cm³/mol. The molecule has 1 fully saturated rings. The lowest BCUT2D eigenvalue weighted by Gasteiger charge is -2.29. The highest BCUT2D eigenvalue weighted by atomic mass is 16.4. The maximum Gasteiger partial charge on any atom is 0.304 e. The lowest BCUT2D eigenvalue weighted by atomic mass is 10.2. The second-order valence-corrected chi connectivity index (χ2v) is 4.68. The third-order valence-corrected chi connectivity index (χ3v) is 3.18. The van der Waals surface area contributed by atoms with Gasteiger partial charge in [0.2, 0.25) is 0 Å². The fraction of sp³-hybridized carbons (Fsp3) is 0.833. The lowest BCUT2D eigenvalue weighted by molar-refractivity contribution is -0.138. The Morgan fingerprint density at radius 1 is 0.778 bits per heavy atom. The van der Waals surface area contributed by atoms with Crippen molar-refractivity contribution >= 4 is 11.9 Å². The van der Waals surface area contributed by atoms with Crippen LogP contribution in [0.3, 0.4) is 0 Å². The summed E-state index contributed by atoms with van der Waals surface area (Å²) in [5.41, 5.74) is 0. The van der Waals surface area contributed by atoms with Gasteiger partial charge in [-0.25, -0.2) is 0 Å². The number of hydrogen-bond donors (Lipinski definition) is 2. The van der Waals surface area contributed by atoms with E-state index >= 15 is 0 Å². The molecule has 1 rings (SSSR count). The van der Waals surface area contributed by atoms with Crippen LogP contribution in [-0.2, 0) is 9.59 Å². The molecule has 0 saturated carbocycles. The van der Waals surface area contributed by atoms with E-state index in [1.165, 1.54) is 0 Å². The van der Waals surface area contributed by atoms with Crippen LogP contribution < -0.4 is 0 Å². The molecule has 6 nitrogen and oxygen atoms in total. The first-order valence-corrected chi connectivity index (χ1v) is 6.46. The van der Waals surface area contributed by atoms with E-state index in [1.54, 1.807) is 0 Å². The Kier molecular flexibility index (Phi) is 6.67. The van der Waals surface area contributed by atoms with E-state index in [0.29, 0.717) is 13.1 Å². The summed E-state index contributed by atoms with van der Waals surface area (Å²) in [6.45, 7) is 4.83.